The maximum Gasteiger partial charge on any atom is 0.409 e. The van der Waals surface area contributed by atoms with Gasteiger partial charge in [-0.3, -0.25) is 4.57 Å². The summed E-state index contributed by atoms with van der Waals surface area (Å²) in [5.74, 6) is 2.17. The van der Waals surface area contributed by atoms with Crippen LogP contribution >= 0.6 is 11.8 Å². The third-order valence-electron chi connectivity index (χ3n) is 4.87. The Bertz CT molecular complexity index is 1060. The smallest absolute Gasteiger partial charge is 0.409 e. The molecular weight excluding hydrogens is 435 g/mol. The average molecular weight is 459 g/mol. The summed E-state index contributed by atoms with van der Waals surface area (Å²) in [5, 5.41) is 9.07. The van der Waals surface area contributed by atoms with Crippen molar-refractivity contribution >= 4 is 17.9 Å². The molecule has 1 aromatic heterocycles. The van der Waals surface area contributed by atoms with E-state index in [4.69, 9.17) is 14.2 Å². The molecule has 1 fully saturated rings. The molecule has 1 aliphatic rings. The maximum absolute atomic E-state index is 14.6. The van der Waals surface area contributed by atoms with Gasteiger partial charge in [-0.15, -0.1) is 10.2 Å². The van der Waals surface area contributed by atoms with Crippen molar-refractivity contribution in [1.82, 2.24) is 19.7 Å². The molecule has 10 heteroatoms. The molecule has 0 saturated carbocycles. The molecule has 2 aromatic carbocycles. The molecule has 3 aromatic rings. The third kappa shape index (κ3) is 5.13. The Kier molecular flexibility index (Phi) is 7.10. The minimum absolute atomic E-state index is 0.119. The molecule has 0 aliphatic carbocycles. The number of ether oxygens (including phenoxy) is 3. The monoisotopic (exact) mass is 458 g/mol. The SMILES string of the molecule is COc1ccc(OCc2nnc(SCCCN3CCOC3=O)n2-c2ccccc2F)cc1. The number of thioether (sulfide) groups is 1. The molecule has 0 atom stereocenters. The standard InChI is InChI=1S/C22H23FN4O4S/c1-29-16-7-9-17(10-8-16)31-15-20-24-25-21(27(20)19-6-3-2-5-18(19)23)32-14-4-11-26-12-13-30-22(26)28/h2-3,5-10H,4,11-15H2,1H3. The Morgan fingerprint density at radius 2 is 1.91 bits per heavy atom. The van der Waals surface area contributed by atoms with Gasteiger partial charge in [0.1, 0.15) is 30.5 Å². The van der Waals surface area contributed by atoms with Crippen LogP contribution in [-0.4, -0.2) is 58.3 Å². The van der Waals surface area contributed by atoms with E-state index in [2.05, 4.69) is 10.2 Å². The Morgan fingerprint density at radius 1 is 1.12 bits per heavy atom. The molecular formula is C22H23FN4O4S. The largest absolute Gasteiger partial charge is 0.497 e. The number of carbonyl (C=O) groups excluding carboxylic acids is 1. The number of aromatic nitrogens is 3. The summed E-state index contributed by atoms with van der Waals surface area (Å²) < 4.78 is 32.2. The number of para-hydroxylation sites is 1. The Hall–Kier alpha value is -3.27. The number of halogens is 1. The van der Waals surface area contributed by atoms with E-state index in [1.807, 2.05) is 0 Å². The molecule has 0 bridgehead atoms. The second-order valence-corrected chi connectivity index (χ2v) is 8.02. The molecule has 0 unspecified atom stereocenters. The first-order chi connectivity index (χ1) is 15.7. The number of benzene rings is 2. The van der Waals surface area contributed by atoms with Crippen LogP contribution < -0.4 is 9.47 Å². The van der Waals surface area contributed by atoms with E-state index < -0.39 is 0 Å². The van der Waals surface area contributed by atoms with Gasteiger partial charge in [-0.2, -0.15) is 0 Å². The van der Waals surface area contributed by atoms with Crippen LogP contribution in [0.1, 0.15) is 12.2 Å². The number of cyclic esters (lactones) is 1. The summed E-state index contributed by atoms with van der Waals surface area (Å²) >= 11 is 1.45. The number of amides is 1. The van der Waals surface area contributed by atoms with Crippen LogP contribution in [0.3, 0.4) is 0 Å². The molecule has 1 amide bonds. The van der Waals surface area contributed by atoms with E-state index in [1.165, 1.54) is 17.8 Å². The van der Waals surface area contributed by atoms with E-state index in [0.29, 0.717) is 47.9 Å². The van der Waals surface area contributed by atoms with E-state index in [1.54, 1.807) is 59.0 Å². The normalized spacial score (nSPS) is 13.3. The lowest BCUT2D eigenvalue weighted by atomic mass is 10.3. The van der Waals surface area contributed by atoms with Crippen LogP contribution in [0.15, 0.2) is 53.7 Å². The van der Waals surface area contributed by atoms with Crippen LogP contribution in [0.5, 0.6) is 11.5 Å². The van der Waals surface area contributed by atoms with Gasteiger partial charge in [-0.05, 0) is 42.8 Å². The molecule has 4 rings (SSSR count). The summed E-state index contributed by atoms with van der Waals surface area (Å²) in [6.07, 6.45) is 0.476. The van der Waals surface area contributed by atoms with Crippen molar-refractivity contribution in [3.05, 3.63) is 60.2 Å². The zero-order chi connectivity index (χ0) is 22.3. The van der Waals surface area contributed by atoms with Crippen LogP contribution in [0, 0.1) is 5.82 Å². The van der Waals surface area contributed by atoms with E-state index >= 15 is 0 Å². The van der Waals surface area contributed by atoms with E-state index in [-0.39, 0.29) is 18.5 Å². The van der Waals surface area contributed by atoms with Crippen molar-refractivity contribution < 1.29 is 23.4 Å². The summed E-state index contributed by atoms with van der Waals surface area (Å²) in [6.45, 7) is 1.77. The molecule has 168 valence electrons. The van der Waals surface area contributed by atoms with Crippen LogP contribution in [0.25, 0.3) is 5.69 Å². The lowest BCUT2D eigenvalue weighted by Gasteiger charge is -2.13. The van der Waals surface area contributed by atoms with Gasteiger partial charge in [0.05, 0.1) is 19.3 Å². The van der Waals surface area contributed by atoms with Gasteiger partial charge in [0.25, 0.3) is 0 Å². The molecule has 8 nitrogen and oxygen atoms in total. The van der Waals surface area contributed by atoms with Crippen LogP contribution in [-0.2, 0) is 11.3 Å². The van der Waals surface area contributed by atoms with Crippen LogP contribution in [0.2, 0.25) is 0 Å². The minimum atomic E-state index is -0.375. The number of hydrogen-bond acceptors (Lipinski definition) is 7. The fraction of sp³-hybridized carbons (Fsp3) is 0.318. The summed E-state index contributed by atoms with van der Waals surface area (Å²) in [4.78, 5) is 13.2. The molecule has 1 saturated heterocycles. The second-order valence-electron chi connectivity index (χ2n) is 6.95. The first-order valence-electron chi connectivity index (χ1n) is 10.2. The predicted octanol–water partition coefficient (Wildman–Crippen LogP) is 3.93. The Labute approximate surface area is 189 Å². The molecule has 1 aliphatic heterocycles. The Balaban J connectivity index is 1.46. The van der Waals surface area contributed by atoms with Gasteiger partial charge >= 0.3 is 6.09 Å². The fourth-order valence-corrected chi connectivity index (χ4v) is 4.12. The lowest BCUT2D eigenvalue weighted by molar-refractivity contribution is 0.158. The quantitative estimate of drug-likeness (QED) is 0.336. The third-order valence-corrected chi connectivity index (χ3v) is 5.88. The number of hydrogen-bond donors (Lipinski definition) is 0. The molecule has 0 radical (unpaired) electrons. The van der Waals surface area contributed by atoms with Gasteiger partial charge in [-0.25, -0.2) is 9.18 Å². The van der Waals surface area contributed by atoms with Crippen molar-refractivity contribution in [1.29, 1.82) is 0 Å². The molecule has 0 spiro atoms. The predicted molar refractivity (Wildman–Crippen MR) is 117 cm³/mol. The molecule has 32 heavy (non-hydrogen) atoms. The lowest BCUT2D eigenvalue weighted by Crippen LogP contribution is -2.25. The summed E-state index contributed by atoms with van der Waals surface area (Å²) in [7, 11) is 1.60. The zero-order valence-corrected chi connectivity index (χ0v) is 18.4. The van der Waals surface area contributed by atoms with Gasteiger partial charge in [0, 0.05) is 12.3 Å². The van der Waals surface area contributed by atoms with Gasteiger partial charge in [0.15, 0.2) is 11.0 Å². The van der Waals surface area contributed by atoms with Gasteiger partial charge < -0.3 is 19.1 Å². The first-order valence-corrected chi connectivity index (χ1v) is 11.1. The number of methoxy groups -OCH3 is 1. The zero-order valence-electron chi connectivity index (χ0n) is 17.6. The molecule has 0 N–H and O–H groups in total. The number of rotatable bonds is 10. The van der Waals surface area contributed by atoms with Crippen LogP contribution in [0.4, 0.5) is 9.18 Å². The van der Waals surface area contributed by atoms with Gasteiger partial charge in [0.2, 0.25) is 0 Å². The summed E-state index contributed by atoms with van der Waals surface area (Å²) in [5.41, 5.74) is 0.358. The van der Waals surface area contributed by atoms with Crippen molar-refractivity contribution in [2.75, 3.05) is 32.6 Å². The highest BCUT2D eigenvalue weighted by Gasteiger charge is 2.22. The topological polar surface area (TPSA) is 78.7 Å². The second kappa shape index (κ2) is 10.4. The highest BCUT2D eigenvalue weighted by Crippen LogP contribution is 2.26. The number of nitrogens with zero attached hydrogens (tertiary/aromatic N) is 4. The number of carbonyl (C=O) groups is 1. The first kappa shape index (κ1) is 21.9. The van der Waals surface area contributed by atoms with Crippen molar-refractivity contribution in [2.45, 2.75) is 18.2 Å². The van der Waals surface area contributed by atoms with Gasteiger partial charge in [-0.1, -0.05) is 23.9 Å². The maximum atomic E-state index is 14.6. The summed E-state index contributed by atoms with van der Waals surface area (Å²) in [6, 6.07) is 13.7. The average Bonchev–Trinajstić information content (AvgIpc) is 3.41. The van der Waals surface area contributed by atoms with E-state index in [9.17, 15) is 9.18 Å². The highest BCUT2D eigenvalue weighted by molar-refractivity contribution is 7.99. The highest BCUT2D eigenvalue weighted by atomic mass is 32.2. The van der Waals surface area contributed by atoms with Crippen molar-refractivity contribution in [2.24, 2.45) is 0 Å². The molecule has 2 heterocycles. The fourth-order valence-electron chi connectivity index (χ4n) is 3.23. The van der Waals surface area contributed by atoms with E-state index in [0.717, 1.165) is 12.2 Å². The Morgan fingerprint density at radius 3 is 2.62 bits per heavy atom. The minimum Gasteiger partial charge on any atom is -0.497 e. The van der Waals surface area contributed by atoms with Crippen molar-refractivity contribution in [3.63, 3.8) is 0 Å². The van der Waals surface area contributed by atoms with Crippen molar-refractivity contribution in [3.8, 4) is 17.2 Å².